The molecule has 3 heterocycles. The Morgan fingerprint density at radius 1 is 1.14 bits per heavy atom. The van der Waals surface area contributed by atoms with E-state index in [0.717, 1.165) is 5.56 Å². The molecule has 0 spiro atoms. The van der Waals surface area contributed by atoms with Crippen molar-refractivity contribution in [2.45, 2.75) is 56.9 Å². The minimum atomic E-state index is -0.624. The van der Waals surface area contributed by atoms with E-state index in [-0.39, 0.29) is 30.7 Å². The standard InChI is InChI=1S/C16H20O5/c1-16(2)20-13-12(17-8-10-6-4-3-5-7-10)11-9-18-15(19-11)14(13)21-16/h3-7,11-15H,8-9H2,1-2H3. The van der Waals surface area contributed by atoms with E-state index in [1.54, 1.807) is 0 Å². The molecule has 0 aliphatic carbocycles. The van der Waals surface area contributed by atoms with Crippen molar-refractivity contribution in [3.05, 3.63) is 35.9 Å². The molecular weight excluding hydrogens is 272 g/mol. The maximum Gasteiger partial charge on any atom is 0.187 e. The highest BCUT2D eigenvalue weighted by Gasteiger charge is 2.59. The minimum absolute atomic E-state index is 0.0857. The van der Waals surface area contributed by atoms with E-state index in [0.29, 0.717) is 13.2 Å². The van der Waals surface area contributed by atoms with Crippen molar-refractivity contribution in [1.82, 2.24) is 0 Å². The first-order chi connectivity index (χ1) is 10.1. The van der Waals surface area contributed by atoms with Gasteiger partial charge in [-0.15, -0.1) is 0 Å². The lowest BCUT2D eigenvalue weighted by Gasteiger charge is -2.34. The normalized spacial score (nSPS) is 40.2. The second-order valence-corrected chi connectivity index (χ2v) is 6.20. The monoisotopic (exact) mass is 292 g/mol. The van der Waals surface area contributed by atoms with Gasteiger partial charge in [-0.1, -0.05) is 30.3 Å². The van der Waals surface area contributed by atoms with Crippen LogP contribution in [0.3, 0.4) is 0 Å². The molecule has 2 bridgehead atoms. The summed E-state index contributed by atoms with van der Waals surface area (Å²) in [6.45, 7) is 4.88. The molecule has 0 radical (unpaired) electrons. The fourth-order valence-electron chi connectivity index (χ4n) is 3.25. The van der Waals surface area contributed by atoms with Crippen LogP contribution in [0.15, 0.2) is 30.3 Å². The topological polar surface area (TPSA) is 46.2 Å². The predicted octanol–water partition coefficient (Wildman–Crippen LogP) is 1.85. The molecule has 5 heteroatoms. The molecule has 4 rings (SSSR count). The van der Waals surface area contributed by atoms with Crippen LogP contribution in [-0.2, 0) is 30.3 Å². The third kappa shape index (κ3) is 2.49. The molecule has 1 aromatic carbocycles. The zero-order chi connectivity index (χ0) is 14.4. The summed E-state index contributed by atoms with van der Waals surface area (Å²) >= 11 is 0. The molecule has 1 aromatic rings. The molecule has 0 saturated carbocycles. The Balaban J connectivity index is 1.50. The molecule has 3 saturated heterocycles. The lowest BCUT2D eigenvalue weighted by molar-refractivity contribution is -0.208. The Hall–Kier alpha value is -0.980. The van der Waals surface area contributed by atoms with Crippen molar-refractivity contribution in [1.29, 1.82) is 0 Å². The lowest BCUT2D eigenvalue weighted by atomic mass is 10.0. The van der Waals surface area contributed by atoms with Gasteiger partial charge in [0.05, 0.1) is 13.2 Å². The predicted molar refractivity (Wildman–Crippen MR) is 73.5 cm³/mol. The molecule has 21 heavy (non-hydrogen) atoms. The first-order valence-corrected chi connectivity index (χ1v) is 7.41. The van der Waals surface area contributed by atoms with E-state index >= 15 is 0 Å². The zero-order valence-electron chi connectivity index (χ0n) is 12.2. The third-order valence-corrected chi connectivity index (χ3v) is 4.14. The summed E-state index contributed by atoms with van der Waals surface area (Å²) in [6, 6.07) is 10.1. The fourth-order valence-corrected chi connectivity index (χ4v) is 3.25. The van der Waals surface area contributed by atoms with Gasteiger partial charge in [0, 0.05) is 0 Å². The van der Waals surface area contributed by atoms with Crippen LogP contribution in [0.2, 0.25) is 0 Å². The zero-order valence-corrected chi connectivity index (χ0v) is 12.2. The number of hydrogen-bond donors (Lipinski definition) is 0. The number of ether oxygens (including phenoxy) is 5. The summed E-state index contributed by atoms with van der Waals surface area (Å²) in [7, 11) is 0. The minimum Gasteiger partial charge on any atom is -0.368 e. The van der Waals surface area contributed by atoms with E-state index in [9.17, 15) is 0 Å². The number of rotatable bonds is 3. The van der Waals surface area contributed by atoms with Crippen LogP contribution in [0.1, 0.15) is 19.4 Å². The molecule has 3 aliphatic rings. The molecule has 114 valence electrons. The maximum atomic E-state index is 6.10. The molecule has 0 N–H and O–H groups in total. The van der Waals surface area contributed by atoms with Crippen LogP contribution in [0.4, 0.5) is 0 Å². The van der Waals surface area contributed by atoms with E-state index in [1.165, 1.54) is 0 Å². The van der Waals surface area contributed by atoms with E-state index in [4.69, 9.17) is 23.7 Å². The Morgan fingerprint density at radius 2 is 1.90 bits per heavy atom. The van der Waals surface area contributed by atoms with Gasteiger partial charge >= 0.3 is 0 Å². The van der Waals surface area contributed by atoms with Crippen molar-refractivity contribution < 1.29 is 23.7 Å². The highest BCUT2D eigenvalue weighted by Crippen LogP contribution is 2.41. The molecule has 5 nitrogen and oxygen atoms in total. The van der Waals surface area contributed by atoms with Gasteiger partial charge in [-0.05, 0) is 19.4 Å². The van der Waals surface area contributed by atoms with Gasteiger partial charge in [-0.2, -0.15) is 0 Å². The van der Waals surface area contributed by atoms with Gasteiger partial charge < -0.3 is 23.7 Å². The van der Waals surface area contributed by atoms with Crippen LogP contribution < -0.4 is 0 Å². The SMILES string of the molecule is CC1(C)OC2C3OCC(O3)C(OCc3ccccc3)C2O1. The van der Waals surface area contributed by atoms with E-state index in [2.05, 4.69) is 0 Å². The second kappa shape index (κ2) is 5.04. The average Bonchev–Trinajstić information content (AvgIpc) is 3.03. The maximum absolute atomic E-state index is 6.10. The van der Waals surface area contributed by atoms with Crippen LogP contribution >= 0.6 is 0 Å². The summed E-state index contributed by atoms with van der Waals surface area (Å²) in [6.07, 6.45) is -0.957. The average molecular weight is 292 g/mol. The first kappa shape index (κ1) is 13.7. The van der Waals surface area contributed by atoms with Crippen molar-refractivity contribution >= 4 is 0 Å². The molecule has 0 aromatic heterocycles. The third-order valence-electron chi connectivity index (χ3n) is 4.14. The summed E-state index contributed by atoms with van der Waals surface area (Å²) < 4.78 is 29.5. The second-order valence-electron chi connectivity index (χ2n) is 6.20. The summed E-state index contributed by atoms with van der Waals surface area (Å²) in [5.74, 6) is -0.624. The number of benzene rings is 1. The van der Waals surface area contributed by atoms with Gasteiger partial charge in [0.1, 0.15) is 24.4 Å². The van der Waals surface area contributed by atoms with E-state index < -0.39 is 5.79 Å². The van der Waals surface area contributed by atoms with Crippen LogP contribution in [0.5, 0.6) is 0 Å². The Kier molecular flexibility index (Phi) is 3.28. The molecule has 3 aliphatic heterocycles. The summed E-state index contributed by atoms with van der Waals surface area (Å²) in [4.78, 5) is 0. The van der Waals surface area contributed by atoms with Gasteiger partial charge in [0.2, 0.25) is 0 Å². The first-order valence-electron chi connectivity index (χ1n) is 7.41. The highest BCUT2D eigenvalue weighted by molar-refractivity contribution is 5.13. The highest BCUT2D eigenvalue weighted by atomic mass is 16.8. The van der Waals surface area contributed by atoms with Gasteiger partial charge in [-0.25, -0.2) is 0 Å². The van der Waals surface area contributed by atoms with Crippen molar-refractivity contribution in [3.63, 3.8) is 0 Å². The van der Waals surface area contributed by atoms with Crippen LogP contribution in [0, 0.1) is 0 Å². The van der Waals surface area contributed by atoms with Gasteiger partial charge in [0.15, 0.2) is 12.1 Å². The molecule has 0 amide bonds. The van der Waals surface area contributed by atoms with Crippen molar-refractivity contribution in [2.24, 2.45) is 0 Å². The van der Waals surface area contributed by atoms with E-state index in [1.807, 2.05) is 44.2 Å². The van der Waals surface area contributed by atoms with Crippen LogP contribution in [0.25, 0.3) is 0 Å². The Bertz CT molecular complexity index is 503. The fraction of sp³-hybridized carbons (Fsp3) is 0.625. The largest absolute Gasteiger partial charge is 0.368 e. The Morgan fingerprint density at radius 3 is 2.71 bits per heavy atom. The number of hydrogen-bond acceptors (Lipinski definition) is 5. The Labute approximate surface area is 124 Å². The molecule has 3 fully saturated rings. The molecule has 5 atom stereocenters. The summed E-state index contributed by atoms with van der Waals surface area (Å²) in [5.41, 5.74) is 1.13. The number of fused-ring (bicyclic) bond motifs is 4. The lowest BCUT2D eigenvalue weighted by Crippen LogP contribution is -2.53. The molecular formula is C16H20O5. The van der Waals surface area contributed by atoms with Crippen molar-refractivity contribution in [3.8, 4) is 0 Å². The molecule has 5 unspecified atom stereocenters. The quantitative estimate of drug-likeness (QED) is 0.851. The van der Waals surface area contributed by atoms with Gasteiger partial charge in [0.25, 0.3) is 0 Å². The summed E-state index contributed by atoms with van der Waals surface area (Å²) in [5, 5.41) is 0. The van der Waals surface area contributed by atoms with Crippen LogP contribution in [-0.4, -0.2) is 43.1 Å². The smallest absolute Gasteiger partial charge is 0.187 e. The van der Waals surface area contributed by atoms with Gasteiger partial charge in [-0.3, -0.25) is 0 Å². The van der Waals surface area contributed by atoms with Crippen molar-refractivity contribution in [2.75, 3.05) is 6.61 Å².